The fraction of sp³-hybridized carbons (Fsp3) is 0.562. The molecule has 0 atom stereocenters. The van der Waals surface area contributed by atoms with Gasteiger partial charge in [0.25, 0.3) is 0 Å². The first kappa shape index (κ1) is 14.7. The number of fused-ring (bicyclic) bond motifs is 1. The first-order valence-electron chi connectivity index (χ1n) is 8.13. The van der Waals surface area contributed by atoms with E-state index in [1.165, 1.54) is 0 Å². The Morgan fingerprint density at radius 1 is 1.17 bits per heavy atom. The van der Waals surface area contributed by atoms with Crippen LogP contribution in [-0.2, 0) is 22.9 Å². The predicted octanol–water partition coefficient (Wildman–Crippen LogP) is -0.203. The van der Waals surface area contributed by atoms with Gasteiger partial charge >= 0.3 is 5.69 Å². The molecule has 2 aromatic rings. The molecule has 0 saturated carbocycles. The maximum Gasteiger partial charge on any atom is 0.347 e. The number of imidazole rings is 1. The van der Waals surface area contributed by atoms with Gasteiger partial charge < -0.3 is 19.8 Å². The second-order valence-corrected chi connectivity index (χ2v) is 6.06. The van der Waals surface area contributed by atoms with Crippen LogP contribution >= 0.6 is 0 Å². The molecule has 4 rings (SSSR count). The van der Waals surface area contributed by atoms with Gasteiger partial charge in [0, 0.05) is 39.6 Å². The third-order valence-electron chi connectivity index (χ3n) is 4.57. The molecule has 3 heterocycles. The van der Waals surface area contributed by atoms with E-state index in [0.717, 1.165) is 42.8 Å². The van der Waals surface area contributed by atoms with Gasteiger partial charge in [-0.2, -0.15) is 0 Å². The van der Waals surface area contributed by atoms with Crippen molar-refractivity contribution in [3.8, 4) is 0 Å². The third-order valence-corrected chi connectivity index (χ3v) is 4.57. The molecule has 0 radical (unpaired) electrons. The minimum atomic E-state index is -0.167. The Morgan fingerprint density at radius 2 is 1.91 bits per heavy atom. The quantitative estimate of drug-likeness (QED) is 0.849. The SMILES string of the molecule is Cn1c(=O)n(N2CCNCC2)c2ccc(CC3OCCO3)cc21. The highest BCUT2D eigenvalue weighted by atomic mass is 16.7. The summed E-state index contributed by atoms with van der Waals surface area (Å²) in [5.74, 6) is 0. The lowest BCUT2D eigenvalue weighted by molar-refractivity contribution is -0.0399. The van der Waals surface area contributed by atoms with E-state index < -0.39 is 0 Å². The molecule has 0 unspecified atom stereocenters. The number of rotatable bonds is 3. The smallest absolute Gasteiger partial charge is 0.347 e. The molecule has 1 aromatic carbocycles. The van der Waals surface area contributed by atoms with Crippen molar-refractivity contribution >= 4 is 11.0 Å². The van der Waals surface area contributed by atoms with Crippen LogP contribution in [0.2, 0.25) is 0 Å². The van der Waals surface area contributed by atoms with Crippen LogP contribution < -0.4 is 16.0 Å². The number of benzene rings is 1. The Kier molecular flexibility index (Phi) is 3.84. The molecule has 2 fully saturated rings. The van der Waals surface area contributed by atoms with Gasteiger partial charge in [0.05, 0.1) is 24.2 Å². The summed E-state index contributed by atoms with van der Waals surface area (Å²) in [5, 5.41) is 5.43. The number of hydrogen-bond donors (Lipinski definition) is 1. The molecule has 23 heavy (non-hydrogen) atoms. The van der Waals surface area contributed by atoms with Crippen LogP contribution in [0, 0.1) is 0 Å². The minimum Gasteiger partial charge on any atom is -0.350 e. The summed E-state index contributed by atoms with van der Waals surface area (Å²) in [4.78, 5) is 12.7. The van der Waals surface area contributed by atoms with Crippen molar-refractivity contribution in [2.45, 2.75) is 12.7 Å². The number of aromatic nitrogens is 2. The number of aryl methyl sites for hydroxylation is 1. The van der Waals surface area contributed by atoms with Gasteiger partial charge in [-0.3, -0.25) is 4.57 Å². The summed E-state index contributed by atoms with van der Waals surface area (Å²) in [6.07, 6.45) is 0.544. The van der Waals surface area contributed by atoms with E-state index >= 15 is 0 Å². The largest absolute Gasteiger partial charge is 0.350 e. The Hall–Kier alpha value is -1.83. The first-order chi connectivity index (χ1) is 11.2. The van der Waals surface area contributed by atoms with Gasteiger partial charge in [-0.1, -0.05) is 6.07 Å². The van der Waals surface area contributed by atoms with Crippen molar-refractivity contribution in [3.63, 3.8) is 0 Å². The van der Waals surface area contributed by atoms with Crippen LogP contribution in [-0.4, -0.2) is 54.9 Å². The molecule has 7 nitrogen and oxygen atoms in total. The Balaban J connectivity index is 1.71. The molecule has 0 amide bonds. The summed E-state index contributed by atoms with van der Waals surface area (Å²) in [6.45, 7) is 4.79. The molecule has 2 aliphatic heterocycles. The number of nitrogens with zero attached hydrogens (tertiary/aromatic N) is 3. The summed E-state index contributed by atoms with van der Waals surface area (Å²) < 4.78 is 14.6. The number of ether oxygens (including phenoxy) is 2. The molecule has 0 aliphatic carbocycles. The Labute approximate surface area is 134 Å². The fourth-order valence-electron chi connectivity index (χ4n) is 3.34. The van der Waals surface area contributed by atoms with E-state index in [0.29, 0.717) is 19.6 Å². The Morgan fingerprint density at radius 3 is 2.65 bits per heavy atom. The lowest BCUT2D eigenvalue weighted by atomic mass is 10.1. The predicted molar refractivity (Wildman–Crippen MR) is 87.4 cm³/mol. The van der Waals surface area contributed by atoms with Gasteiger partial charge in [0.2, 0.25) is 0 Å². The van der Waals surface area contributed by atoms with E-state index in [2.05, 4.69) is 22.5 Å². The summed E-state index contributed by atoms with van der Waals surface area (Å²) in [7, 11) is 1.83. The van der Waals surface area contributed by atoms with Gasteiger partial charge in [0.15, 0.2) is 6.29 Å². The van der Waals surface area contributed by atoms with E-state index in [1.54, 1.807) is 4.57 Å². The van der Waals surface area contributed by atoms with E-state index in [4.69, 9.17) is 9.47 Å². The lowest BCUT2D eigenvalue weighted by Gasteiger charge is -2.29. The monoisotopic (exact) mass is 318 g/mol. The second kappa shape index (κ2) is 5.99. The molecule has 1 N–H and O–H groups in total. The fourth-order valence-corrected chi connectivity index (χ4v) is 3.34. The highest BCUT2D eigenvalue weighted by molar-refractivity contribution is 5.77. The lowest BCUT2D eigenvalue weighted by Crippen LogP contribution is -2.52. The number of hydrogen-bond acceptors (Lipinski definition) is 5. The highest BCUT2D eigenvalue weighted by Gasteiger charge is 2.20. The molecule has 0 bridgehead atoms. The van der Waals surface area contributed by atoms with Crippen LogP contribution in [0.25, 0.3) is 11.0 Å². The Bertz CT molecular complexity index is 755. The topological polar surface area (TPSA) is 60.7 Å². The van der Waals surface area contributed by atoms with Gasteiger partial charge in [0.1, 0.15) is 0 Å². The van der Waals surface area contributed by atoms with Crippen molar-refractivity contribution in [1.29, 1.82) is 0 Å². The number of nitrogens with one attached hydrogen (secondary N) is 1. The molecular weight excluding hydrogens is 296 g/mol. The molecule has 124 valence electrons. The zero-order valence-corrected chi connectivity index (χ0v) is 13.3. The van der Waals surface area contributed by atoms with Gasteiger partial charge in [-0.05, 0) is 17.7 Å². The summed E-state index contributed by atoms with van der Waals surface area (Å²) in [6, 6.07) is 6.16. The van der Waals surface area contributed by atoms with Crippen molar-refractivity contribution in [2.24, 2.45) is 7.05 Å². The van der Waals surface area contributed by atoms with Crippen LogP contribution in [0.5, 0.6) is 0 Å². The normalized spacial score (nSPS) is 19.8. The van der Waals surface area contributed by atoms with Gasteiger partial charge in [-0.15, -0.1) is 0 Å². The standard InChI is InChI=1S/C16H22N4O3/c1-18-14-10-12(11-15-22-8-9-23-15)2-3-13(14)20(16(18)21)19-6-4-17-5-7-19/h2-3,10,15,17H,4-9,11H2,1H3. The molecule has 0 spiro atoms. The van der Waals surface area contributed by atoms with Crippen LogP contribution in [0.1, 0.15) is 5.56 Å². The van der Waals surface area contributed by atoms with E-state index in [1.807, 2.05) is 17.8 Å². The molecule has 1 aromatic heterocycles. The van der Waals surface area contributed by atoms with Crippen molar-refractivity contribution < 1.29 is 9.47 Å². The molecular formula is C16H22N4O3. The maximum atomic E-state index is 12.7. The number of piperazine rings is 1. The average Bonchev–Trinajstić information content (AvgIpc) is 3.17. The van der Waals surface area contributed by atoms with E-state index in [-0.39, 0.29) is 12.0 Å². The van der Waals surface area contributed by atoms with Crippen molar-refractivity contribution in [3.05, 3.63) is 34.2 Å². The van der Waals surface area contributed by atoms with Crippen LogP contribution in [0.3, 0.4) is 0 Å². The highest BCUT2D eigenvalue weighted by Crippen LogP contribution is 2.18. The molecule has 7 heteroatoms. The maximum absolute atomic E-state index is 12.7. The van der Waals surface area contributed by atoms with Crippen LogP contribution in [0.4, 0.5) is 0 Å². The zero-order valence-electron chi connectivity index (χ0n) is 13.3. The summed E-state index contributed by atoms with van der Waals surface area (Å²) >= 11 is 0. The van der Waals surface area contributed by atoms with Crippen molar-refractivity contribution in [2.75, 3.05) is 44.4 Å². The first-order valence-corrected chi connectivity index (χ1v) is 8.13. The zero-order chi connectivity index (χ0) is 15.8. The van der Waals surface area contributed by atoms with Crippen molar-refractivity contribution in [1.82, 2.24) is 14.6 Å². The van der Waals surface area contributed by atoms with Gasteiger partial charge in [-0.25, -0.2) is 9.47 Å². The second-order valence-electron chi connectivity index (χ2n) is 6.06. The van der Waals surface area contributed by atoms with Crippen LogP contribution in [0.15, 0.2) is 23.0 Å². The van der Waals surface area contributed by atoms with E-state index in [9.17, 15) is 4.79 Å². The summed E-state index contributed by atoms with van der Waals surface area (Å²) in [5.41, 5.74) is 3.03. The third kappa shape index (κ3) is 2.65. The minimum absolute atomic E-state index is 0.00687. The molecule has 2 aliphatic rings. The molecule has 2 saturated heterocycles. The average molecular weight is 318 g/mol.